The van der Waals surface area contributed by atoms with Crippen molar-refractivity contribution in [2.75, 3.05) is 20.8 Å². The van der Waals surface area contributed by atoms with Gasteiger partial charge in [-0.25, -0.2) is 0 Å². The molecule has 1 rings (SSSR count). The van der Waals surface area contributed by atoms with E-state index in [4.69, 9.17) is 8.85 Å². The first-order chi connectivity index (χ1) is 6.86. The molecule has 0 aromatic carbocycles. The van der Waals surface area contributed by atoms with Crippen LogP contribution in [-0.2, 0) is 8.85 Å². The van der Waals surface area contributed by atoms with Crippen molar-refractivity contribution in [1.82, 2.24) is 5.32 Å². The second-order valence-corrected chi connectivity index (χ2v) is 6.36. The SMILES string of the molecule is CO[SiH](CCNC1CCCCC1)OC. The van der Waals surface area contributed by atoms with Gasteiger partial charge in [0, 0.05) is 26.3 Å². The van der Waals surface area contributed by atoms with E-state index in [1.807, 2.05) is 0 Å². The Balaban J connectivity index is 2.01. The van der Waals surface area contributed by atoms with Gasteiger partial charge >= 0.3 is 9.28 Å². The lowest BCUT2D eigenvalue weighted by atomic mass is 9.96. The third-order valence-corrected chi connectivity index (χ3v) is 4.76. The number of hydrogen-bond acceptors (Lipinski definition) is 3. The van der Waals surface area contributed by atoms with Crippen molar-refractivity contribution in [2.24, 2.45) is 0 Å². The monoisotopic (exact) mass is 217 g/mol. The van der Waals surface area contributed by atoms with Gasteiger partial charge in [-0.15, -0.1) is 0 Å². The van der Waals surface area contributed by atoms with Crippen molar-refractivity contribution >= 4 is 9.28 Å². The van der Waals surface area contributed by atoms with Crippen LogP contribution in [0.25, 0.3) is 0 Å². The molecule has 0 aromatic heterocycles. The molecule has 4 heteroatoms. The van der Waals surface area contributed by atoms with E-state index in [1.54, 1.807) is 14.2 Å². The lowest BCUT2D eigenvalue weighted by Crippen LogP contribution is -2.34. The number of rotatable bonds is 6. The van der Waals surface area contributed by atoms with E-state index in [9.17, 15) is 0 Å². The molecule has 84 valence electrons. The minimum absolute atomic E-state index is 0.757. The molecule has 14 heavy (non-hydrogen) atoms. The molecule has 0 aliphatic heterocycles. The third-order valence-electron chi connectivity index (χ3n) is 2.94. The van der Waals surface area contributed by atoms with Crippen LogP contribution in [0.1, 0.15) is 32.1 Å². The maximum atomic E-state index is 5.27. The van der Waals surface area contributed by atoms with Gasteiger partial charge in [-0.2, -0.15) is 0 Å². The van der Waals surface area contributed by atoms with Gasteiger partial charge in [0.15, 0.2) is 0 Å². The highest BCUT2D eigenvalue weighted by molar-refractivity contribution is 6.44. The summed E-state index contributed by atoms with van der Waals surface area (Å²) < 4.78 is 10.5. The Morgan fingerprint density at radius 1 is 1.14 bits per heavy atom. The molecule has 0 atom stereocenters. The molecule has 0 radical (unpaired) electrons. The smallest absolute Gasteiger partial charge is 0.322 e. The zero-order valence-corrected chi connectivity index (χ0v) is 10.6. The fourth-order valence-electron chi connectivity index (χ4n) is 2.04. The lowest BCUT2D eigenvalue weighted by molar-refractivity contribution is 0.275. The summed E-state index contributed by atoms with van der Waals surface area (Å²) in [4.78, 5) is 0. The van der Waals surface area contributed by atoms with Crippen LogP contribution in [-0.4, -0.2) is 36.1 Å². The van der Waals surface area contributed by atoms with Crippen LogP contribution in [0.4, 0.5) is 0 Å². The predicted molar refractivity (Wildman–Crippen MR) is 60.8 cm³/mol. The fourth-order valence-corrected chi connectivity index (χ4v) is 3.11. The van der Waals surface area contributed by atoms with E-state index in [0.29, 0.717) is 0 Å². The maximum absolute atomic E-state index is 5.27. The molecule has 0 amide bonds. The average molecular weight is 217 g/mol. The molecule has 0 spiro atoms. The molecule has 0 unspecified atom stereocenters. The second kappa shape index (κ2) is 7.40. The van der Waals surface area contributed by atoms with Crippen molar-refractivity contribution < 1.29 is 8.85 Å². The summed E-state index contributed by atoms with van der Waals surface area (Å²) in [5, 5.41) is 3.60. The summed E-state index contributed by atoms with van der Waals surface area (Å²) in [6.45, 7) is 1.06. The van der Waals surface area contributed by atoms with E-state index in [1.165, 1.54) is 32.1 Å². The van der Waals surface area contributed by atoms with Crippen LogP contribution >= 0.6 is 0 Å². The maximum Gasteiger partial charge on any atom is 0.322 e. The molecule has 3 nitrogen and oxygen atoms in total. The molecule has 1 aliphatic rings. The van der Waals surface area contributed by atoms with Gasteiger partial charge < -0.3 is 14.2 Å². The van der Waals surface area contributed by atoms with Crippen LogP contribution in [0.2, 0.25) is 6.04 Å². The molecule has 1 saturated carbocycles. The van der Waals surface area contributed by atoms with Gasteiger partial charge in [0.2, 0.25) is 0 Å². The Bertz CT molecular complexity index is 136. The number of hydrogen-bond donors (Lipinski definition) is 1. The third kappa shape index (κ3) is 4.55. The number of nitrogens with one attached hydrogen (secondary N) is 1. The van der Waals surface area contributed by atoms with Crippen molar-refractivity contribution in [1.29, 1.82) is 0 Å². The van der Waals surface area contributed by atoms with E-state index < -0.39 is 9.28 Å². The van der Waals surface area contributed by atoms with Crippen molar-refractivity contribution in [3.63, 3.8) is 0 Å². The molecular weight excluding hydrogens is 194 g/mol. The Kier molecular flexibility index (Phi) is 6.43. The summed E-state index contributed by atoms with van der Waals surface area (Å²) in [7, 11) is 2.18. The van der Waals surface area contributed by atoms with Crippen LogP contribution in [0.5, 0.6) is 0 Å². The first-order valence-electron chi connectivity index (χ1n) is 5.65. The molecule has 1 fully saturated rings. The highest BCUT2D eigenvalue weighted by Gasteiger charge is 2.14. The summed E-state index contributed by atoms with van der Waals surface area (Å²) in [5.74, 6) is 0. The fraction of sp³-hybridized carbons (Fsp3) is 1.00. The second-order valence-electron chi connectivity index (χ2n) is 3.98. The van der Waals surface area contributed by atoms with Crippen LogP contribution in [0, 0.1) is 0 Å². The van der Waals surface area contributed by atoms with Gasteiger partial charge in [0.25, 0.3) is 0 Å². The lowest BCUT2D eigenvalue weighted by Gasteiger charge is -2.23. The minimum atomic E-state index is -1.33. The van der Waals surface area contributed by atoms with Crippen LogP contribution in [0.3, 0.4) is 0 Å². The minimum Gasteiger partial charge on any atom is -0.400 e. The molecule has 0 saturated heterocycles. The van der Waals surface area contributed by atoms with Gasteiger partial charge in [-0.05, 0) is 19.4 Å². The Morgan fingerprint density at radius 3 is 2.36 bits per heavy atom. The zero-order valence-electron chi connectivity index (χ0n) is 9.42. The summed E-state index contributed by atoms with van der Waals surface area (Å²) in [5.41, 5.74) is 0. The first kappa shape index (κ1) is 12.2. The molecule has 0 aromatic rings. The highest BCUT2D eigenvalue weighted by Crippen LogP contribution is 2.17. The predicted octanol–water partition coefficient (Wildman–Crippen LogP) is 1.42. The average Bonchev–Trinajstić information content (AvgIpc) is 2.26. The van der Waals surface area contributed by atoms with Gasteiger partial charge in [-0.3, -0.25) is 0 Å². The summed E-state index contributed by atoms with van der Waals surface area (Å²) >= 11 is 0. The normalized spacial score (nSPS) is 19.1. The van der Waals surface area contributed by atoms with Crippen molar-refractivity contribution in [3.8, 4) is 0 Å². The van der Waals surface area contributed by atoms with Gasteiger partial charge in [0.1, 0.15) is 0 Å². The summed E-state index contributed by atoms with van der Waals surface area (Å²) in [6.07, 6.45) is 6.92. The Labute approximate surface area is 89.0 Å². The Hall–Kier alpha value is 0.0969. The molecule has 0 heterocycles. The van der Waals surface area contributed by atoms with Crippen LogP contribution in [0.15, 0.2) is 0 Å². The largest absolute Gasteiger partial charge is 0.400 e. The first-order valence-corrected chi connectivity index (χ1v) is 7.41. The Morgan fingerprint density at radius 2 is 1.79 bits per heavy atom. The van der Waals surface area contributed by atoms with Crippen molar-refractivity contribution in [3.05, 3.63) is 0 Å². The van der Waals surface area contributed by atoms with E-state index in [-0.39, 0.29) is 0 Å². The van der Waals surface area contributed by atoms with Crippen molar-refractivity contribution in [2.45, 2.75) is 44.2 Å². The summed E-state index contributed by atoms with van der Waals surface area (Å²) in [6, 6.07) is 1.83. The quantitative estimate of drug-likeness (QED) is 0.683. The highest BCUT2D eigenvalue weighted by atomic mass is 28.3. The topological polar surface area (TPSA) is 30.5 Å². The van der Waals surface area contributed by atoms with Gasteiger partial charge in [-0.1, -0.05) is 19.3 Å². The van der Waals surface area contributed by atoms with Gasteiger partial charge in [0.05, 0.1) is 0 Å². The van der Waals surface area contributed by atoms with E-state index in [0.717, 1.165) is 18.6 Å². The molecule has 1 N–H and O–H groups in total. The zero-order chi connectivity index (χ0) is 10.2. The van der Waals surface area contributed by atoms with E-state index >= 15 is 0 Å². The van der Waals surface area contributed by atoms with E-state index in [2.05, 4.69) is 5.32 Å². The molecule has 0 bridgehead atoms. The molecular formula is C10H23NO2Si. The molecule has 1 aliphatic carbocycles. The standard InChI is InChI=1S/C10H23NO2Si/c1-12-14(13-2)9-8-11-10-6-4-3-5-7-10/h10-11,14H,3-9H2,1-2H3. The van der Waals surface area contributed by atoms with Crippen LogP contribution < -0.4 is 5.32 Å².